The molecule has 0 unspecified atom stereocenters. The van der Waals surface area contributed by atoms with Crippen LogP contribution in [-0.2, 0) is 21.4 Å². The van der Waals surface area contributed by atoms with Gasteiger partial charge in [0.25, 0.3) is 0 Å². The van der Waals surface area contributed by atoms with Crippen LogP contribution in [0.1, 0.15) is 24.5 Å². The van der Waals surface area contributed by atoms with Crippen LogP contribution in [0.25, 0.3) is 0 Å². The number of amides is 1. The summed E-state index contributed by atoms with van der Waals surface area (Å²) >= 11 is 0. The third kappa shape index (κ3) is 5.23. The number of nitrogens with one attached hydrogen (secondary N) is 1. The normalized spacial score (nSPS) is 12.3. The molecule has 7 heteroatoms. The number of sulfonamides is 1. The number of carbonyl (C=O) groups is 1. The number of ether oxygens (including phenoxy) is 1. The number of hydrogen-bond donors (Lipinski definition) is 1. The van der Waals surface area contributed by atoms with Gasteiger partial charge in [-0.15, -0.1) is 0 Å². The van der Waals surface area contributed by atoms with Crippen molar-refractivity contribution in [2.75, 3.05) is 17.7 Å². The SMILES string of the molecule is CC[C@@H](C(=O)NCc1ccccc1C)N(c1cccc(OC)c1)S(C)(=O)=O. The Morgan fingerprint density at radius 1 is 1.19 bits per heavy atom. The summed E-state index contributed by atoms with van der Waals surface area (Å²) in [5.41, 5.74) is 2.46. The maximum absolute atomic E-state index is 12.8. The molecule has 1 atom stereocenters. The van der Waals surface area contributed by atoms with E-state index in [0.29, 0.717) is 24.4 Å². The Balaban J connectivity index is 2.29. The van der Waals surface area contributed by atoms with Gasteiger partial charge in [-0.25, -0.2) is 8.42 Å². The van der Waals surface area contributed by atoms with Gasteiger partial charge in [-0.3, -0.25) is 9.10 Å². The van der Waals surface area contributed by atoms with Gasteiger partial charge in [0, 0.05) is 12.6 Å². The highest BCUT2D eigenvalue weighted by Crippen LogP contribution is 2.26. The van der Waals surface area contributed by atoms with Crippen LogP contribution in [0.15, 0.2) is 48.5 Å². The number of aryl methyl sites for hydroxylation is 1. The molecular formula is C20H26N2O4S. The smallest absolute Gasteiger partial charge is 0.244 e. The number of anilines is 1. The molecule has 0 saturated heterocycles. The Morgan fingerprint density at radius 2 is 1.89 bits per heavy atom. The summed E-state index contributed by atoms with van der Waals surface area (Å²) in [6, 6.07) is 13.6. The predicted octanol–water partition coefficient (Wildman–Crippen LogP) is 2.86. The van der Waals surface area contributed by atoms with Crippen molar-refractivity contribution in [1.82, 2.24) is 5.32 Å². The van der Waals surface area contributed by atoms with Gasteiger partial charge in [0.2, 0.25) is 15.9 Å². The first-order valence-electron chi connectivity index (χ1n) is 8.73. The van der Waals surface area contributed by atoms with Crippen LogP contribution >= 0.6 is 0 Å². The largest absolute Gasteiger partial charge is 0.497 e. The summed E-state index contributed by atoms with van der Waals surface area (Å²) in [6.07, 6.45) is 1.44. The molecule has 0 aliphatic carbocycles. The van der Waals surface area contributed by atoms with Crippen LogP contribution in [-0.4, -0.2) is 33.7 Å². The number of benzene rings is 2. The number of carbonyl (C=O) groups excluding carboxylic acids is 1. The van der Waals surface area contributed by atoms with E-state index in [4.69, 9.17) is 4.74 Å². The summed E-state index contributed by atoms with van der Waals surface area (Å²) in [7, 11) is -2.16. The molecule has 2 aromatic rings. The minimum absolute atomic E-state index is 0.337. The van der Waals surface area contributed by atoms with E-state index in [1.807, 2.05) is 31.2 Å². The molecule has 2 rings (SSSR count). The van der Waals surface area contributed by atoms with Gasteiger partial charge >= 0.3 is 0 Å². The fraction of sp³-hybridized carbons (Fsp3) is 0.350. The molecule has 1 amide bonds. The zero-order chi connectivity index (χ0) is 20.0. The van der Waals surface area contributed by atoms with Crippen LogP contribution in [0.4, 0.5) is 5.69 Å². The lowest BCUT2D eigenvalue weighted by Gasteiger charge is -2.30. The molecule has 0 bridgehead atoms. The van der Waals surface area contributed by atoms with Gasteiger partial charge in [0.1, 0.15) is 11.8 Å². The topological polar surface area (TPSA) is 75.7 Å². The summed E-state index contributed by atoms with van der Waals surface area (Å²) in [5, 5.41) is 2.87. The van der Waals surface area contributed by atoms with Gasteiger partial charge in [-0.1, -0.05) is 37.3 Å². The Hall–Kier alpha value is -2.54. The molecule has 0 aromatic heterocycles. The number of nitrogens with zero attached hydrogens (tertiary/aromatic N) is 1. The lowest BCUT2D eigenvalue weighted by atomic mass is 10.1. The molecule has 0 spiro atoms. The molecular weight excluding hydrogens is 364 g/mol. The monoisotopic (exact) mass is 390 g/mol. The molecule has 0 radical (unpaired) electrons. The second-order valence-electron chi connectivity index (χ2n) is 6.33. The van der Waals surface area contributed by atoms with Crippen LogP contribution in [0.2, 0.25) is 0 Å². The zero-order valence-electron chi connectivity index (χ0n) is 16.1. The van der Waals surface area contributed by atoms with Crippen LogP contribution in [0.3, 0.4) is 0 Å². The van der Waals surface area contributed by atoms with Gasteiger partial charge in [-0.05, 0) is 36.6 Å². The summed E-state index contributed by atoms with van der Waals surface area (Å²) in [4.78, 5) is 12.8. The van der Waals surface area contributed by atoms with Gasteiger partial charge < -0.3 is 10.1 Å². The van der Waals surface area contributed by atoms with E-state index in [9.17, 15) is 13.2 Å². The molecule has 27 heavy (non-hydrogen) atoms. The predicted molar refractivity (Wildman–Crippen MR) is 107 cm³/mol. The highest BCUT2D eigenvalue weighted by Gasteiger charge is 2.31. The molecule has 1 N–H and O–H groups in total. The minimum Gasteiger partial charge on any atom is -0.497 e. The van der Waals surface area contributed by atoms with E-state index in [1.54, 1.807) is 31.2 Å². The number of methoxy groups -OCH3 is 1. The molecule has 146 valence electrons. The number of hydrogen-bond acceptors (Lipinski definition) is 4. The van der Waals surface area contributed by atoms with Gasteiger partial charge in [0.05, 0.1) is 19.1 Å². The second kappa shape index (κ2) is 8.90. The molecule has 0 aliphatic rings. The Bertz CT molecular complexity index is 896. The van der Waals surface area contributed by atoms with Gasteiger partial charge in [0.15, 0.2) is 0 Å². The standard InChI is InChI=1S/C20H26N2O4S/c1-5-19(20(23)21-14-16-10-7-6-9-15(16)2)22(27(4,24)25)17-11-8-12-18(13-17)26-3/h6-13,19H,5,14H2,1-4H3,(H,21,23)/t19-/m0/s1. The van der Waals surface area contributed by atoms with Crippen molar-refractivity contribution < 1.29 is 17.9 Å². The Labute approximate surface area is 161 Å². The third-order valence-corrected chi connectivity index (χ3v) is 5.53. The maximum Gasteiger partial charge on any atom is 0.244 e. The maximum atomic E-state index is 12.8. The first-order chi connectivity index (χ1) is 12.8. The Kier molecular flexibility index (Phi) is 6.85. The molecule has 0 aliphatic heterocycles. The van der Waals surface area contributed by atoms with E-state index in [0.717, 1.165) is 21.7 Å². The molecule has 0 fully saturated rings. The third-order valence-electron chi connectivity index (χ3n) is 4.35. The van der Waals surface area contributed by atoms with Crippen molar-refractivity contribution in [2.24, 2.45) is 0 Å². The first-order valence-corrected chi connectivity index (χ1v) is 10.6. The summed E-state index contributed by atoms with van der Waals surface area (Å²) in [5.74, 6) is 0.185. The summed E-state index contributed by atoms with van der Waals surface area (Å²) < 4.78 is 31.3. The van der Waals surface area contributed by atoms with Crippen molar-refractivity contribution in [3.05, 3.63) is 59.7 Å². The van der Waals surface area contributed by atoms with Crippen molar-refractivity contribution in [1.29, 1.82) is 0 Å². The molecule has 2 aromatic carbocycles. The first kappa shape index (κ1) is 20.8. The van der Waals surface area contributed by atoms with Crippen LogP contribution in [0, 0.1) is 6.92 Å². The number of rotatable bonds is 8. The lowest BCUT2D eigenvalue weighted by molar-refractivity contribution is -0.122. The van der Waals surface area contributed by atoms with E-state index in [-0.39, 0.29) is 5.91 Å². The fourth-order valence-electron chi connectivity index (χ4n) is 2.92. The van der Waals surface area contributed by atoms with Crippen LogP contribution < -0.4 is 14.4 Å². The fourth-order valence-corrected chi connectivity index (χ4v) is 4.12. The quantitative estimate of drug-likeness (QED) is 0.752. The summed E-state index contributed by atoms with van der Waals surface area (Å²) in [6.45, 7) is 4.10. The zero-order valence-corrected chi connectivity index (χ0v) is 16.9. The second-order valence-corrected chi connectivity index (χ2v) is 8.19. The van der Waals surface area contributed by atoms with E-state index in [2.05, 4.69) is 5.32 Å². The molecule has 0 heterocycles. The minimum atomic E-state index is -3.67. The molecule has 0 saturated carbocycles. The lowest BCUT2D eigenvalue weighted by Crippen LogP contribution is -2.49. The van der Waals surface area contributed by atoms with Gasteiger partial charge in [-0.2, -0.15) is 0 Å². The highest BCUT2D eigenvalue weighted by molar-refractivity contribution is 7.92. The average Bonchev–Trinajstić information content (AvgIpc) is 2.64. The van der Waals surface area contributed by atoms with E-state index < -0.39 is 16.1 Å². The molecule has 6 nitrogen and oxygen atoms in total. The van der Waals surface area contributed by atoms with Crippen molar-refractivity contribution in [3.8, 4) is 5.75 Å². The highest BCUT2D eigenvalue weighted by atomic mass is 32.2. The van der Waals surface area contributed by atoms with Crippen LogP contribution in [0.5, 0.6) is 5.75 Å². The average molecular weight is 391 g/mol. The van der Waals surface area contributed by atoms with Crippen molar-refractivity contribution >= 4 is 21.6 Å². The van der Waals surface area contributed by atoms with E-state index >= 15 is 0 Å². The van der Waals surface area contributed by atoms with E-state index in [1.165, 1.54) is 7.11 Å². The van der Waals surface area contributed by atoms with Crippen molar-refractivity contribution in [2.45, 2.75) is 32.9 Å². The Morgan fingerprint density at radius 3 is 2.48 bits per heavy atom. The van der Waals surface area contributed by atoms with Crippen molar-refractivity contribution in [3.63, 3.8) is 0 Å².